The Labute approximate surface area is 122 Å². The van der Waals surface area contributed by atoms with E-state index < -0.39 is 0 Å². The zero-order valence-corrected chi connectivity index (χ0v) is 13.6. The zero-order valence-electron chi connectivity index (χ0n) is 12.8. The molecule has 1 aliphatic rings. The third kappa shape index (κ3) is 3.88. The highest BCUT2D eigenvalue weighted by atomic mass is 32.2. The van der Waals surface area contributed by atoms with Gasteiger partial charge in [0.2, 0.25) is 5.91 Å². The molecule has 0 unspecified atom stereocenters. The highest BCUT2D eigenvalue weighted by Gasteiger charge is 2.39. The van der Waals surface area contributed by atoms with E-state index in [2.05, 4.69) is 25.4 Å². The van der Waals surface area contributed by atoms with Gasteiger partial charge in [-0.2, -0.15) is 11.8 Å². The fourth-order valence-electron chi connectivity index (χ4n) is 3.04. The molecule has 1 fully saturated rings. The molecule has 0 bridgehead atoms. The smallest absolute Gasteiger partial charge is 0.227 e. The summed E-state index contributed by atoms with van der Waals surface area (Å²) in [4.78, 5) is 12.5. The van der Waals surface area contributed by atoms with Gasteiger partial charge in [0.1, 0.15) is 0 Å². The molecule has 0 spiro atoms. The number of carbonyl (C=O) groups excluding carboxylic acids is 1. The largest absolute Gasteiger partial charge is 0.354 e. The van der Waals surface area contributed by atoms with Gasteiger partial charge in [-0.1, -0.05) is 33.1 Å². The van der Waals surface area contributed by atoms with E-state index in [1.807, 2.05) is 11.8 Å². The number of carbonyl (C=O) groups is 1. The Hall–Kier alpha value is -0.220. The van der Waals surface area contributed by atoms with Crippen LogP contribution >= 0.6 is 11.8 Å². The maximum atomic E-state index is 12.5. The maximum Gasteiger partial charge on any atom is 0.227 e. The number of nitrogens with two attached hydrogens (primary N) is 1. The van der Waals surface area contributed by atoms with Crippen molar-refractivity contribution >= 4 is 17.7 Å². The van der Waals surface area contributed by atoms with Crippen LogP contribution in [0.15, 0.2) is 0 Å². The lowest BCUT2D eigenvalue weighted by molar-refractivity contribution is -0.132. The molecule has 4 heteroatoms. The minimum atomic E-state index is -0.288. The number of rotatable bonds is 7. The van der Waals surface area contributed by atoms with Crippen LogP contribution < -0.4 is 11.1 Å². The van der Waals surface area contributed by atoms with Crippen molar-refractivity contribution in [1.82, 2.24) is 5.32 Å². The molecule has 3 nitrogen and oxygen atoms in total. The molecular formula is C15H30N2OS. The van der Waals surface area contributed by atoms with Crippen molar-refractivity contribution in [3.8, 4) is 0 Å². The minimum absolute atomic E-state index is 0.181. The van der Waals surface area contributed by atoms with Crippen LogP contribution in [0.5, 0.6) is 0 Å². The van der Waals surface area contributed by atoms with Crippen LogP contribution in [0.3, 0.4) is 0 Å². The molecule has 0 aromatic heterocycles. The molecule has 19 heavy (non-hydrogen) atoms. The number of thioether (sulfide) groups is 1. The first-order chi connectivity index (χ1) is 9.08. The van der Waals surface area contributed by atoms with E-state index >= 15 is 0 Å². The lowest BCUT2D eigenvalue weighted by Gasteiger charge is -2.37. The SMILES string of the molecule is CCC(CC)(CNC(=O)C1(CN)CCCCC1)SC. The zero-order chi connectivity index (χ0) is 14.4. The van der Waals surface area contributed by atoms with Crippen LogP contribution in [0, 0.1) is 5.41 Å². The first-order valence-corrected chi connectivity index (χ1v) is 8.84. The minimum Gasteiger partial charge on any atom is -0.354 e. The Morgan fingerprint density at radius 3 is 2.26 bits per heavy atom. The highest BCUT2D eigenvalue weighted by Crippen LogP contribution is 2.36. The highest BCUT2D eigenvalue weighted by molar-refractivity contribution is 8.00. The lowest BCUT2D eigenvalue weighted by atomic mass is 9.73. The summed E-state index contributed by atoms with van der Waals surface area (Å²) in [6, 6.07) is 0. The average Bonchev–Trinajstić information content (AvgIpc) is 2.49. The van der Waals surface area contributed by atoms with Crippen LogP contribution in [-0.4, -0.2) is 30.0 Å². The van der Waals surface area contributed by atoms with Gasteiger partial charge in [-0.15, -0.1) is 0 Å². The van der Waals surface area contributed by atoms with Crippen molar-refractivity contribution in [1.29, 1.82) is 0 Å². The summed E-state index contributed by atoms with van der Waals surface area (Å²) in [5.74, 6) is 0.190. The predicted molar refractivity (Wildman–Crippen MR) is 84.4 cm³/mol. The predicted octanol–water partition coefficient (Wildman–Crippen LogP) is 2.93. The van der Waals surface area contributed by atoms with E-state index in [1.54, 1.807) is 0 Å². The van der Waals surface area contributed by atoms with Crippen LogP contribution in [0.2, 0.25) is 0 Å². The quantitative estimate of drug-likeness (QED) is 0.756. The maximum absolute atomic E-state index is 12.5. The first kappa shape index (κ1) is 16.8. The number of amides is 1. The van der Waals surface area contributed by atoms with Gasteiger partial charge in [0.05, 0.1) is 5.41 Å². The fraction of sp³-hybridized carbons (Fsp3) is 0.933. The van der Waals surface area contributed by atoms with E-state index in [0.717, 1.165) is 45.1 Å². The molecule has 1 saturated carbocycles. The van der Waals surface area contributed by atoms with Gasteiger partial charge in [0.15, 0.2) is 0 Å². The van der Waals surface area contributed by atoms with Gasteiger partial charge < -0.3 is 11.1 Å². The van der Waals surface area contributed by atoms with Crippen molar-refractivity contribution in [2.45, 2.75) is 63.5 Å². The molecule has 0 aromatic carbocycles. The normalized spacial score (nSPS) is 19.2. The van der Waals surface area contributed by atoms with Gasteiger partial charge >= 0.3 is 0 Å². The Bertz CT molecular complexity index is 276. The van der Waals surface area contributed by atoms with Gasteiger partial charge in [-0.3, -0.25) is 4.79 Å². The summed E-state index contributed by atoms with van der Waals surface area (Å²) < 4.78 is 0.181. The van der Waals surface area contributed by atoms with Gasteiger partial charge in [-0.05, 0) is 31.9 Å². The molecule has 0 atom stereocenters. The summed E-state index contributed by atoms with van der Waals surface area (Å²) in [6.07, 6.45) is 9.74. The lowest BCUT2D eigenvalue weighted by Crippen LogP contribution is -2.50. The van der Waals surface area contributed by atoms with Crippen LogP contribution in [0.25, 0.3) is 0 Å². The van der Waals surface area contributed by atoms with E-state index in [1.165, 1.54) is 6.42 Å². The second-order valence-corrected chi connectivity index (χ2v) is 7.10. The molecule has 0 aromatic rings. The van der Waals surface area contributed by atoms with Gasteiger partial charge in [-0.25, -0.2) is 0 Å². The van der Waals surface area contributed by atoms with Crippen LogP contribution in [0.1, 0.15) is 58.8 Å². The van der Waals surface area contributed by atoms with E-state index in [4.69, 9.17) is 5.73 Å². The molecule has 0 heterocycles. The molecule has 112 valence electrons. The Kier molecular flexibility index (Phi) is 6.67. The average molecular weight is 286 g/mol. The Balaban J connectivity index is 2.62. The summed E-state index contributed by atoms with van der Waals surface area (Å²) in [5.41, 5.74) is 5.62. The van der Waals surface area contributed by atoms with Crippen molar-refractivity contribution in [2.75, 3.05) is 19.3 Å². The summed E-state index contributed by atoms with van der Waals surface area (Å²) in [5, 5.41) is 3.20. The number of hydrogen-bond donors (Lipinski definition) is 2. The van der Waals surface area contributed by atoms with Gasteiger partial charge in [0.25, 0.3) is 0 Å². The fourth-order valence-corrected chi connectivity index (χ4v) is 3.84. The first-order valence-electron chi connectivity index (χ1n) is 7.61. The topological polar surface area (TPSA) is 55.1 Å². The Morgan fingerprint density at radius 2 is 1.84 bits per heavy atom. The van der Waals surface area contributed by atoms with Crippen molar-refractivity contribution in [3.63, 3.8) is 0 Å². The monoisotopic (exact) mass is 286 g/mol. The van der Waals surface area contributed by atoms with Gasteiger partial charge in [0, 0.05) is 17.8 Å². The third-order valence-corrected chi connectivity index (χ3v) is 6.56. The molecule has 0 radical (unpaired) electrons. The summed E-state index contributed by atoms with van der Waals surface area (Å²) >= 11 is 1.87. The molecular weight excluding hydrogens is 256 g/mol. The standard InChI is InChI=1S/C15H30N2OS/c1-4-15(5-2,19-3)12-17-13(18)14(11-16)9-7-6-8-10-14/h4-12,16H2,1-3H3,(H,17,18). The molecule has 1 amide bonds. The van der Waals surface area contributed by atoms with E-state index in [9.17, 15) is 4.79 Å². The molecule has 1 aliphatic carbocycles. The van der Waals surface area contributed by atoms with Crippen molar-refractivity contribution in [2.24, 2.45) is 11.1 Å². The molecule has 0 saturated heterocycles. The van der Waals surface area contributed by atoms with Crippen LogP contribution in [0.4, 0.5) is 0 Å². The molecule has 1 rings (SSSR count). The Morgan fingerprint density at radius 1 is 1.26 bits per heavy atom. The second kappa shape index (κ2) is 7.53. The third-order valence-electron chi connectivity index (χ3n) is 4.98. The summed E-state index contributed by atoms with van der Waals surface area (Å²) in [7, 11) is 0. The van der Waals surface area contributed by atoms with Crippen molar-refractivity contribution < 1.29 is 4.79 Å². The van der Waals surface area contributed by atoms with E-state index in [-0.39, 0.29) is 16.1 Å². The molecule has 3 N–H and O–H groups in total. The number of hydrogen-bond acceptors (Lipinski definition) is 3. The van der Waals surface area contributed by atoms with Crippen molar-refractivity contribution in [3.05, 3.63) is 0 Å². The van der Waals surface area contributed by atoms with E-state index in [0.29, 0.717) is 6.54 Å². The number of nitrogens with one attached hydrogen (secondary N) is 1. The van der Waals surface area contributed by atoms with Crippen LogP contribution in [-0.2, 0) is 4.79 Å². The summed E-state index contributed by atoms with van der Waals surface area (Å²) in [6.45, 7) is 5.65. The molecule has 0 aliphatic heterocycles. The second-order valence-electron chi connectivity index (χ2n) is 5.82.